The first-order chi connectivity index (χ1) is 18.0. The molecular weight excluding hydrogens is 566 g/mol. The van der Waals surface area contributed by atoms with Gasteiger partial charge in [-0.2, -0.15) is 0 Å². The van der Waals surface area contributed by atoms with Crippen LogP contribution in [0.2, 0.25) is 0 Å². The lowest BCUT2D eigenvalue weighted by Crippen LogP contribution is -2.59. The van der Waals surface area contributed by atoms with Crippen molar-refractivity contribution in [3.05, 3.63) is 0 Å². The van der Waals surface area contributed by atoms with Crippen LogP contribution in [-0.2, 0) is 9.47 Å². The molecule has 38 heavy (non-hydrogen) atoms. The number of unbranched alkanes of at least 4 members (excludes halogenated alkanes) is 2. The molecule has 0 radical (unpaired) electrons. The van der Waals surface area contributed by atoms with E-state index >= 15 is 0 Å². The fourth-order valence-electron chi connectivity index (χ4n) is 7.99. The molecule has 4 nitrogen and oxygen atoms in total. The van der Waals surface area contributed by atoms with Crippen molar-refractivity contribution in [3.63, 3.8) is 0 Å². The highest BCUT2D eigenvalue weighted by Gasteiger charge is 2.65. The Morgan fingerprint density at radius 2 is 1.03 bits per heavy atom. The smallest absolute Gasteiger partial charge is 0.147 e. The van der Waals surface area contributed by atoms with Gasteiger partial charge in [0.05, 0.1) is 24.4 Å². The third-order valence-electron chi connectivity index (χ3n) is 10.5. The molecule has 4 aliphatic carbocycles. The van der Waals surface area contributed by atoms with Gasteiger partial charge in [0.25, 0.3) is 0 Å². The summed E-state index contributed by atoms with van der Waals surface area (Å²) in [5.41, 5.74) is 0. The summed E-state index contributed by atoms with van der Waals surface area (Å²) < 4.78 is 9.04. The number of alkyl halides is 4. The molecule has 4 rings (SSSR count). The summed E-state index contributed by atoms with van der Waals surface area (Å²) in [5, 5.41) is 20.1. The van der Waals surface area contributed by atoms with Crippen molar-refractivity contribution >= 4 is 46.4 Å². The van der Waals surface area contributed by atoms with Crippen molar-refractivity contribution < 1.29 is 19.7 Å². The van der Waals surface area contributed by atoms with Crippen molar-refractivity contribution in [3.8, 4) is 0 Å². The summed E-state index contributed by atoms with van der Waals surface area (Å²) in [4.78, 5) is 0. The van der Waals surface area contributed by atoms with E-state index in [2.05, 4.69) is 13.8 Å². The van der Waals surface area contributed by atoms with Crippen molar-refractivity contribution in [1.82, 2.24) is 0 Å². The zero-order valence-corrected chi connectivity index (χ0v) is 26.9. The molecule has 4 fully saturated rings. The molecule has 0 aromatic rings. The van der Waals surface area contributed by atoms with Crippen LogP contribution in [0.15, 0.2) is 0 Å². The van der Waals surface area contributed by atoms with E-state index < -0.39 is 20.9 Å². The van der Waals surface area contributed by atoms with Gasteiger partial charge in [0, 0.05) is 26.1 Å². The number of methoxy groups -OCH3 is 2. The molecule has 2 N–H and O–H groups in total. The second-order valence-corrected chi connectivity index (χ2v) is 15.3. The number of hydrogen-bond acceptors (Lipinski definition) is 4. The van der Waals surface area contributed by atoms with Gasteiger partial charge >= 0.3 is 0 Å². The molecule has 224 valence electrons. The van der Waals surface area contributed by atoms with Gasteiger partial charge in [-0.15, -0.1) is 0 Å². The Morgan fingerprint density at radius 3 is 1.34 bits per heavy atom. The van der Waals surface area contributed by atoms with Gasteiger partial charge < -0.3 is 19.7 Å². The quantitative estimate of drug-likeness (QED) is 0.152. The molecule has 10 atom stereocenters. The minimum Gasteiger partial charge on any atom is -0.390 e. The van der Waals surface area contributed by atoms with Gasteiger partial charge in [-0.3, -0.25) is 0 Å². The highest BCUT2D eigenvalue weighted by Crippen LogP contribution is 2.63. The van der Waals surface area contributed by atoms with Crippen LogP contribution >= 0.6 is 46.4 Å². The maximum Gasteiger partial charge on any atom is 0.147 e. The highest BCUT2D eigenvalue weighted by atomic mass is 35.5. The van der Waals surface area contributed by atoms with Crippen LogP contribution in [0.5, 0.6) is 0 Å². The van der Waals surface area contributed by atoms with Crippen LogP contribution in [0.4, 0.5) is 0 Å². The van der Waals surface area contributed by atoms with E-state index in [1.165, 1.54) is 51.4 Å². The van der Waals surface area contributed by atoms with E-state index in [4.69, 9.17) is 55.9 Å². The number of aliphatic hydroxyl groups excluding tert-OH is 2. The Bertz CT molecular complexity index is 642. The summed E-state index contributed by atoms with van der Waals surface area (Å²) in [6.45, 7) is 4.34. The van der Waals surface area contributed by atoms with Crippen molar-refractivity contribution in [1.29, 1.82) is 0 Å². The Labute approximate surface area is 251 Å². The number of halogens is 4. The van der Waals surface area contributed by atoms with Gasteiger partial charge in [0.2, 0.25) is 0 Å². The molecule has 8 heteroatoms. The van der Waals surface area contributed by atoms with Crippen LogP contribution in [0.1, 0.15) is 104 Å². The maximum atomic E-state index is 10.1. The Morgan fingerprint density at radius 1 is 0.658 bits per heavy atom. The Hall–Kier alpha value is 1.00. The van der Waals surface area contributed by atoms with E-state index in [0.717, 1.165) is 38.5 Å². The fourth-order valence-corrected chi connectivity index (χ4v) is 9.59. The minimum atomic E-state index is -0.872. The molecule has 0 bridgehead atoms. The number of fused-ring (bicyclic) bond motifs is 2. The second kappa shape index (κ2) is 14.9. The van der Waals surface area contributed by atoms with Crippen LogP contribution in [0.25, 0.3) is 0 Å². The number of hydrogen-bond donors (Lipinski definition) is 2. The van der Waals surface area contributed by atoms with Gasteiger partial charge in [-0.1, -0.05) is 98.8 Å². The summed E-state index contributed by atoms with van der Waals surface area (Å²) in [7, 11) is 3.59. The molecule has 0 saturated heterocycles. The zero-order chi connectivity index (χ0) is 28.1. The zero-order valence-electron chi connectivity index (χ0n) is 23.9. The van der Waals surface area contributed by atoms with Crippen LogP contribution < -0.4 is 0 Å². The van der Waals surface area contributed by atoms with Gasteiger partial charge in [0.1, 0.15) is 8.67 Å². The summed E-state index contributed by atoms with van der Waals surface area (Å²) >= 11 is 24.6. The molecule has 0 aliphatic heterocycles. The third-order valence-corrected chi connectivity index (χ3v) is 12.5. The lowest BCUT2D eigenvalue weighted by Gasteiger charge is -2.50. The van der Waals surface area contributed by atoms with E-state index in [1.807, 2.05) is 0 Å². The largest absolute Gasteiger partial charge is 0.390 e. The lowest BCUT2D eigenvalue weighted by molar-refractivity contribution is -0.0489. The Balaban J connectivity index is 0.000000211. The monoisotopic (exact) mass is 616 g/mol. The molecule has 0 aromatic carbocycles. The molecule has 4 saturated carbocycles. The standard InChI is InChI=1S/2C15H26Cl2O2/c2*1-3-11(19-2)7-5-4-6-10-8-9-12-13(10)14(18)15(12,16)17/h2*10-14,18H,3-9H2,1-2H3. The van der Waals surface area contributed by atoms with Crippen LogP contribution in [0.3, 0.4) is 0 Å². The molecule has 4 aliphatic rings. The van der Waals surface area contributed by atoms with Crippen LogP contribution in [-0.4, -0.2) is 57.5 Å². The Kier molecular flexibility index (Phi) is 13.2. The summed E-state index contributed by atoms with van der Waals surface area (Å²) in [5.74, 6) is 2.57. The first-order valence-corrected chi connectivity index (χ1v) is 16.7. The van der Waals surface area contributed by atoms with Gasteiger partial charge in [-0.25, -0.2) is 0 Å². The molecule has 0 aromatic heterocycles. The predicted molar refractivity (Wildman–Crippen MR) is 159 cm³/mol. The number of ether oxygens (including phenoxy) is 2. The van der Waals surface area contributed by atoms with Gasteiger partial charge in [-0.05, 0) is 75.0 Å². The maximum absolute atomic E-state index is 10.1. The molecule has 10 unspecified atom stereocenters. The average molecular weight is 619 g/mol. The SMILES string of the molecule is CCC(CCCCC1CCC2C1C(O)C2(Cl)Cl)OC.CCC(CCCCC1CCC2C1C(O)C2(Cl)Cl)OC. The van der Waals surface area contributed by atoms with E-state index in [0.29, 0.717) is 47.7 Å². The third kappa shape index (κ3) is 7.31. The van der Waals surface area contributed by atoms with Crippen molar-refractivity contribution in [2.24, 2.45) is 35.5 Å². The number of rotatable bonds is 14. The van der Waals surface area contributed by atoms with Crippen LogP contribution in [0, 0.1) is 35.5 Å². The normalized spacial score (nSPS) is 37.7. The highest BCUT2D eigenvalue weighted by molar-refractivity contribution is 6.50. The molecule has 0 spiro atoms. The molecule has 0 heterocycles. The fraction of sp³-hybridized carbons (Fsp3) is 1.00. The molecule has 0 amide bonds. The lowest BCUT2D eigenvalue weighted by atomic mass is 9.68. The first kappa shape index (κ1) is 33.5. The minimum absolute atomic E-state index is 0.318. The topological polar surface area (TPSA) is 58.9 Å². The van der Waals surface area contributed by atoms with Crippen molar-refractivity contribution in [2.75, 3.05) is 14.2 Å². The second-order valence-electron chi connectivity index (χ2n) is 12.4. The molecular formula is C30H52Cl4O4. The predicted octanol–water partition coefficient (Wildman–Crippen LogP) is 8.33. The van der Waals surface area contributed by atoms with Crippen molar-refractivity contribution in [2.45, 2.75) is 137 Å². The van der Waals surface area contributed by atoms with E-state index in [-0.39, 0.29) is 0 Å². The summed E-state index contributed by atoms with van der Waals surface area (Å²) in [6.07, 6.45) is 16.0. The summed E-state index contributed by atoms with van der Waals surface area (Å²) in [6, 6.07) is 0. The van der Waals surface area contributed by atoms with E-state index in [1.54, 1.807) is 14.2 Å². The number of aliphatic hydroxyl groups is 2. The average Bonchev–Trinajstić information content (AvgIpc) is 3.51. The van der Waals surface area contributed by atoms with E-state index in [9.17, 15) is 10.2 Å². The van der Waals surface area contributed by atoms with Gasteiger partial charge in [0.15, 0.2) is 0 Å². The first-order valence-electron chi connectivity index (χ1n) is 15.2.